The number of carbonyl (C=O) groups is 2. The van der Waals surface area contributed by atoms with Gasteiger partial charge in [-0.1, -0.05) is 86.6 Å². The second kappa shape index (κ2) is 8.56. The van der Waals surface area contributed by atoms with Gasteiger partial charge in [-0.05, 0) is 58.6 Å². The molecule has 1 atom stereocenters. The zero-order valence-corrected chi connectivity index (χ0v) is 20.5. The van der Waals surface area contributed by atoms with E-state index in [2.05, 4.69) is 38.1 Å². The molecule has 0 saturated heterocycles. The zero-order chi connectivity index (χ0) is 24.8. The van der Waals surface area contributed by atoms with Crippen LogP contribution in [0.3, 0.4) is 0 Å². The van der Waals surface area contributed by atoms with Crippen molar-refractivity contribution in [2.75, 3.05) is 13.2 Å². The van der Waals surface area contributed by atoms with Crippen molar-refractivity contribution >= 4 is 12.1 Å². The van der Waals surface area contributed by atoms with E-state index in [4.69, 9.17) is 4.74 Å². The van der Waals surface area contributed by atoms with E-state index < -0.39 is 17.6 Å². The number of hydrogen-bond donors (Lipinski definition) is 1. The predicted octanol–water partition coefficient (Wildman–Crippen LogP) is 6.31. The van der Waals surface area contributed by atoms with Crippen molar-refractivity contribution in [3.63, 3.8) is 0 Å². The number of aliphatic carboxylic acids is 1. The van der Waals surface area contributed by atoms with Gasteiger partial charge in [0.05, 0.1) is 0 Å². The van der Waals surface area contributed by atoms with Gasteiger partial charge in [-0.3, -0.25) is 4.90 Å². The lowest BCUT2D eigenvalue weighted by Crippen LogP contribution is -2.58. The highest BCUT2D eigenvalue weighted by Gasteiger charge is 2.53. The van der Waals surface area contributed by atoms with Gasteiger partial charge in [0.2, 0.25) is 0 Å². The van der Waals surface area contributed by atoms with Gasteiger partial charge >= 0.3 is 12.1 Å². The molecular formula is C30H31NO4. The van der Waals surface area contributed by atoms with Crippen LogP contribution in [0.2, 0.25) is 0 Å². The summed E-state index contributed by atoms with van der Waals surface area (Å²) in [6, 6.07) is 24.0. The summed E-state index contributed by atoms with van der Waals surface area (Å²) in [5, 5.41) is 10.5. The molecule has 0 saturated carbocycles. The fraction of sp³-hybridized carbons (Fsp3) is 0.333. The van der Waals surface area contributed by atoms with Crippen molar-refractivity contribution < 1.29 is 19.4 Å². The van der Waals surface area contributed by atoms with Crippen LogP contribution in [0, 0.1) is 0 Å². The van der Waals surface area contributed by atoms with Crippen LogP contribution in [0.25, 0.3) is 11.1 Å². The number of amides is 1. The third-order valence-electron chi connectivity index (χ3n) is 7.90. The summed E-state index contributed by atoms with van der Waals surface area (Å²) >= 11 is 0. The summed E-state index contributed by atoms with van der Waals surface area (Å²) in [6.45, 7) is 6.46. The van der Waals surface area contributed by atoms with Gasteiger partial charge in [-0.25, -0.2) is 9.59 Å². The molecule has 0 spiro atoms. The summed E-state index contributed by atoms with van der Waals surface area (Å²) in [5.74, 6) is -1.10. The van der Waals surface area contributed by atoms with E-state index in [1.165, 1.54) is 4.90 Å². The molecule has 5 nitrogen and oxygen atoms in total. The molecule has 5 rings (SSSR count). The molecule has 0 aromatic heterocycles. The first-order chi connectivity index (χ1) is 16.8. The Kier molecular flexibility index (Phi) is 5.66. The predicted molar refractivity (Wildman–Crippen MR) is 135 cm³/mol. The number of fused-ring (bicyclic) bond motifs is 4. The molecule has 0 aliphatic heterocycles. The lowest BCUT2D eigenvalue weighted by atomic mass is 9.65. The van der Waals surface area contributed by atoms with Crippen molar-refractivity contribution in [1.82, 2.24) is 4.90 Å². The van der Waals surface area contributed by atoms with Gasteiger partial charge in [-0.15, -0.1) is 0 Å². The topological polar surface area (TPSA) is 66.8 Å². The number of benzene rings is 3. The molecule has 35 heavy (non-hydrogen) atoms. The molecule has 0 radical (unpaired) electrons. The smallest absolute Gasteiger partial charge is 0.411 e. The van der Waals surface area contributed by atoms with Crippen molar-refractivity contribution in [3.05, 3.63) is 95.1 Å². The number of nitrogens with zero attached hydrogens (tertiary/aromatic N) is 1. The van der Waals surface area contributed by atoms with E-state index in [0.29, 0.717) is 18.4 Å². The lowest BCUT2D eigenvalue weighted by Gasteiger charge is -2.47. The highest BCUT2D eigenvalue weighted by Crippen LogP contribution is 2.49. The monoisotopic (exact) mass is 469 g/mol. The number of rotatable bonds is 5. The molecule has 1 amide bonds. The molecule has 5 heteroatoms. The van der Waals surface area contributed by atoms with Gasteiger partial charge in [0.1, 0.15) is 6.61 Å². The van der Waals surface area contributed by atoms with Crippen LogP contribution in [0.5, 0.6) is 0 Å². The summed E-state index contributed by atoms with van der Waals surface area (Å²) in [6.07, 6.45) is 0.402. The number of hydrogen-bond acceptors (Lipinski definition) is 3. The normalized spacial score (nSPS) is 19.9. The van der Waals surface area contributed by atoms with Gasteiger partial charge in [0, 0.05) is 12.5 Å². The Balaban J connectivity index is 1.47. The fourth-order valence-corrected chi connectivity index (χ4v) is 6.04. The molecule has 3 aromatic rings. The van der Waals surface area contributed by atoms with E-state index in [1.807, 2.05) is 55.5 Å². The maximum absolute atomic E-state index is 13.6. The van der Waals surface area contributed by atoms with Crippen LogP contribution in [0.15, 0.2) is 72.8 Å². The van der Waals surface area contributed by atoms with Gasteiger partial charge in [0.15, 0.2) is 5.54 Å². The third kappa shape index (κ3) is 3.53. The molecular weight excluding hydrogens is 438 g/mol. The molecule has 3 aromatic carbocycles. The van der Waals surface area contributed by atoms with Crippen molar-refractivity contribution in [3.8, 4) is 11.1 Å². The molecule has 0 bridgehead atoms. The quantitative estimate of drug-likeness (QED) is 0.476. The van der Waals surface area contributed by atoms with Crippen LogP contribution >= 0.6 is 0 Å². The Morgan fingerprint density at radius 1 is 0.886 bits per heavy atom. The van der Waals surface area contributed by atoms with E-state index in [9.17, 15) is 14.7 Å². The Bertz CT molecular complexity index is 1250. The van der Waals surface area contributed by atoms with E-state index in [1.54, 1.807) is 0 Å². The second-order valence-electron chi connectivity index (χ2n) is 10.1. The van der Waals surface area contributed by atoms with Crippen LogP contribution in [-0.2, 0) is 20.5 Å². The number of carbonyl (C=O) groups excluding carboxylic acids is 1. The summed E-state index contributed by atoms with van der Waals surface area (Å²) in [7, 11) is 0. The summed E-state index contributed by atoms with van der Waals surface area (Å²) in [5.41, 5.74) is 4.59. The molecule has 180 valence electrons. The maximum atomic E-state index is 13.6. The summed E-state index contributed by atoms with van der Waals surface area (Å²) in [4.78, 5) is 27.9. The van der Waals surface area contributed by atoms with E-state index in [-0.39, 0.29) is 24.5 Å². The Morgan fingerprint density at radius 2 is 1.43 bits per heavy atom. The molecule has 0 fully saturated rings. The largest absolute Gasteiger partial charge is 0.479 e. The molecule has 2 aliphatic rings. The minimum Gasteiger partial charge on any atom is -0.479 e. The first-order valence-electron chi connectivity index (χ1n) is 12.3. The zero-order valence-electron chi connectivity index (χ0n) is 20.5. The fourth-order valence-electron chi connectivity index (χ4n) is 6.04. The maximum Gasteiger partial charge on any atom is 0.411 e. The molecule has 2 aliphatic carbocycles. The Morgan fingerprint density at radius 3 is 2.00 bits per heavy atom. The standard InChI is InChI=1S/C30H31NO4/c1-4-31(30(27(32)33)18-17-29(2,3)25-15-9-10-16-26(25)30)28(34)35-19-24-22-13-7-5-11-20(22)21-12-6-8-14-23(21)24/h5-16,24H,4,17-19H2,1-3H3,(H,32,33). The lowest BCUT2D eigenvalue weighted by molar-refractivity contribution is -0.153. The van der Waals surface area contributed by atoms with Gasteiger partial charge < -0.3 is 9.84 Å². The number of carboxylic acids is 1. The first kappa shape index (κ1) is 23.2. The van der Waals surface area contributed by atoms with Crippen LogP contribution < -0.4 is 0 Å². The van der Waals surface area contributed by atoms with Crippen LogP contribution in [0.1, 0.15) is 61.8 Å². The van der Waals surface area contributed by atoms with Crippen molar-refractivity contribution in [2.45, 2.75) is 50.5 Å². The molecule has 0 heterocycles. The first-order valence-corrected chi connectivity index (χ1v) is 12.3. The number of carboxylic acid groups (broad SMARTS) is 1. The highest BCUT2D eigenvalue weighted by atomic mass is 16.6. The minimum absolute atomic E-state index is 0.0802. The van der Waals surface area contributed by atoms with E-state index >= 15 is 0 Å². The van der Waals surface area contributed by atoms with Crippen LogP contribution in [0.4, 0.5) is 4.79 Å². The third-order valence-corrected chi connectivity index (χ3v) is 7.90. The van der Waals surface area contributed by atoms with Crippen LogP contribution in [-0.4, -0.2) is 35.2 Å². The molecule has 1 unspecified atom stereocenters. The Labute approximate surface area is 206 Å². The highest BCUT2D eigenvalue weighted by molar-refractivity contribution is 5.87. The van der Waals surface area contributed by atoms with E-state index in [0.717, 1.165) is 27.8 Å². The van der Waals surface area contributed by atoms with Crippen molar-refractivity contribution in [2.24, 2.45) is 0 Å². The summed E-state index contributed by atoms with van der Waals surface area (Å²) < 4.78 is 5.91. The van der Waals surface area contributed by atoms with Crippen molar-refractivity contribution in [1.29, 1.82) is 0 Å². The average molecular weight is 470 g/mol. The average Bonchev–Trinajstić information content (AvgIpc) is 3.18. The van der Waals surface area contributed by atoms with Gasteiger partial charge in [-0.2, -0.15) is 0 Å². The molecule has 1 N–H and O–H groups in total. The van der Waals surface area contributed by atoms with Gasteiger partial charge in [0.25, 0.3) is 0 Å². The number of ether oxygens (including phenoxy) is 1. The second-order valence-corrected chi connectivity index (χ2v) is 10.1. The minimum atomic E-state index is -1.45. The number of likely N-dealkylation sites (N-methyl/N-ethyl adjacent to an activating group) is 1. The SMILES string of the molecule is CCN(C(=O)OCC1c2ccccc2-c2ccccc21)C1(C(=O)O)CCC(C)(C)c2ccccc21. The Hall–Kier alpha value is -3.60.